The van der Waals surface area contributed by atoms with Crippen LogP contribution in [-0.4, -0.2) is 51.7 Å². The molecule has 1 saturated carbocycles. The Morgan fingerprint density at radius 1 is 1.17 bits per heavy atom. The number of aliphatic hydroxyl groups excluding tert-OH is 1. The molecule has 3 heterocycles. The quantitative estimate of drug-likeness (QED) is 0.828. The molecule has 1 amide bonds. The summed E-state index contributed by atoms with van der Waals surface area (Å²) in [6.07, 6.45) is 7.22. The molecule has 0 unspecified atom stereocenters. The van der Waals surface area contributed by atoms with Gasteiger partial charge >= 0.3 is 0 Å². The van der Waals surface area contributed by atoms with Crippen molar-refractivity contribution in [3.63, 3.8) is 0 Å². The van der Waals surface area contributed by atoms with Crippen LogP contribution in [0.15, 0.2) is 36.5 Å². The monoisotopic (exact) mass is 407 g/mol. The molecule has 158 valence electrons. The number of hydrogen-bond donors (Lipinski definition) is 1. The zero-order chi connectivity index (χ0) is 20.6. The number of hydrogen-bond acceptors (Lipinski definition) is 5. The van der Waals surface area contributed by atoms with E-state index in [0.717, 1.165) is 61.2 Å². The molecule has 1 aromatic carbocycles. The van der Waals surface area contributed by atoms with E-state index >= 15 is 0 Å². The molecular weight excluding hydrogens is 378 g/mol. The third-order valence-electron chi connectivity index (χ3n) is 6.96. The van der Waals surface area contributed by atoms with E-state index in [2.05, 4.69) is 4.98 Å². The highest BCUT2D eigenvalue weighted by Crippen LogP contribution is 2.41. The lowest BCUT2D eigenvalue weighted by Crippen LogP contribution is -2.50. The van der Waals surface area contributed by atoms with Crippen molar-refractivity contribution in [2.24, 2.45) is 5.92 Å². The average Bonchev–Trinajstić information content (AvgIpc) is 2.80. The molecular formula is C24H29N3O3. The van der Waals surface area contributed by atoms with E-state index in [0.29, 0.717) is 26.1 Å². The van der Waals surface area contributed by atoms with Crippen molar-refractivity contribution in [1.82, 2.24) is 14.9 Å². The van der Waals surface area contributed by atoms with Gasteiger partial charge in [0.1, 0.15) is 5.60 Å². The van der Waals surface area contributed by atoms with Gasteiger partial charge in [0, 0.05) is 30.8 Å². The highest BCUT2D eigenvalue weighted by atomic mass is 16.5. The van der Waals surface area contributed by atoms with Crippen LogP contribution in [0.4, 0.5) is 0 Å². The summed E-state index contributed by atoms with van der Waals surface area (Å²) in [5, 5.41) is 9.95. The number of aromatic nitrogens is 2. The molecule has 1 aromatic heterocycles. The molecule has 1 N–H and O–H groups in total. The highest BCUT2D eigenvalue weighted by Gasteiger charge is 2.44. The molecule has 2 fully saturated rings. The number of aliphatic hydroxyl groups is 1. The summed E-state index contributed by atoms with van der Waals surface area (Å²) in [5.74, 6) is 0.899. The van der Waals surface area contributed by atoms with Crippen LogP contribution in [0.5, 0.6) is 0 Å². The minimum Gasteiger partial charge on any atom is -0.393 e. The second-order valence-electron chi connectivity index (χ2n) is 8.87. The largest absolute Gasteiger partial charge is 0.393 e. The predicted octanol–water partition coefficient (Wildman–Crippen LogP) is 3.09. The summed E-state index contributed by atoms with van der Waals surface area (Å²) in [6, 6.07) is 10.0. The first-order valence-corrected chi connectivity index (χ1v) is 11.2. The molecule has 6 nitrogen and oxygen atoms in total. The number of nitrogens with zero attached hydrogens (tertiary/aromatic N) is 3. The number of carbonyl (C=O) groups excluding carboxylic acids is 1. The van der Waals surface area contributed by atoms with Crippen molar-refractivity contribution in [1.29, 1.82) is 0 Å². The topological polar surface area (TPSA) is 75.5 Å². The number of likely N-dealkylation sites (tertiary alicyclic amines) is 1. The van der Waals surface area contributed by atoms with Crippen LogP contribution >= 0.6 is 0 Å². The van der Waals surface area contributed by atoms with Crippen LogP contribution in [-0.2, 0) is 21.6 Å². The number of benzene rings is 1. The predicted molar refractivity (Wildman–Crippen MR) is 113 cm³/mol. The Morgan fingerprint density at radius 3 is 2.73 bits per heavy atom. The second-order valence-corrected chi connectivity index (χ2v) is 8.87. The molecule has 2 aromatic rings. The first-order valence-electron chi connectivity index (χ1n) is 11.2. The van der Waals surface area contributed by atoms with E-state index in [1.165, 1.54) is 0 Å². The van der Waals surface area contributed by atoms with Crippen LogP contribution in [0.1, 0.15) is 49.8 Å². The van der Waals surface area contributed by atoms with E-state index in [1.807, 2.05) is 41.4 Å². The fourth-order valence-electron chi connectivity index (χ4n) is 5.25. The number of rotatable bonds is 2. The van der Waals surface area contributed by atoms with Crippen molar-refractivity contribution in [2.45, 2.75) is 56.7 Å². The van der Waals surface area contributed by atoms with E-state index in [-0.39, 0.29) is 17.9 Å². The number of fused-ring (bicyclic) bond motifs is 2. The maximum absolute atomic E-state index is 13.0. The van der Waals surface area contributed by atoms with Crippen LogP contribution in [0.25, 0.3) is 11.4 Å². The smallest absolute Gasteiger partial charge is 0.225 e. The van der Waals surface area contributed by atoms with Gasteiger partial charge in [0.2, 0.25) is 5.91 Å². The summed E-state index contributed by atoms with van der Waals surface area (Å²) in [5.41, 5.74) is 2.74. The van der Waals surface area contributed by atoms with Crippen molar-refractivity contribution < 1.29 is 14.6 Å². The van der Waals surface area contributed by atoms with E-state index in [4.69, 9.17) is 9.72 Å². The molecule has 30 heavy (non-hydrogen) atoms. The van der Waals surface area contributed by atoms with Gasteiger partial charge in [-0.25, -0.2) is 9.97 Å². The zero-order valence-electron chi connectivity index (χ0n) is 17.3. The maximum atomic E-state index is 13.0. The maximum Gasteiger partial charge on any atom is 0.225 e. The number of amides is 1. The third kappa shape index (κ3) is 3.63. The molecule has 0 radical (unpaired) electrons. The fraction of sp³-hybridized carbons (Fsp3) is 0.542. The molecule has 1 saturated heterocycles. The van der Waals surface area contributed by atoms with Gasteiger partial charge in [0.15, 0.2) is 5.82 Å². The van der Waals surface area contributed by atoms with Crippen LogP contribution < -0.4 is 0 Å². The Morgan fingerprint density at radius 2 is 1.97 bits per heavy atom. The Bertz CT molecular complexity index is 909. The standard InChI is InChI=1S/C24H29N3O3/c28-20-8-4-7-18(15-20)23(29)27-12-10-24(11-13-27)21-19(9-14-30-24)16-25-22(26-21)17-5-2-1-3-6-17/h1-3,5-6,16,18,20,28H,4,7-15H2/t18-,20-/m0/s1. The SMILES string of the molecule is O=C([C@H]1CCC[C@H](O)C1)N1CCC2(CC1)OCCc1cnc(-c3ccccc3)nc12. The molecule has 1 aliphatic carbocycles. The minimum absolute atomic E-state index is 0.0330. The molecule has 0 bridgehead atoms. The summed E-state index contributed by atoms with van der Waals surface area (Å²) < 4.78 is 6.35. The molecule has 1 spiro atoms. The first kappa shape index (κ1) is 19.6. The lowest BCUT2D eigenvalue weighted by atomic mass is 9.81. The van der Waals surface area contributed by atoms with Gasteiger partial charge in [0.25, 0.3) is 0 Å². The Hall–Kier alpha value is -2.31. The Kier molecular flexibility index (Phi) is 5.29. The van der Waals surface area contributed by atoms with Crippen molar-refractivity contribution in [3.8, 4) is 11.4 Å². The Labute approximate surface area is 177 Å². The van der Waals surface area contributed by atoms with Crippen LogP contribution in [0, 0.1) is 5.92 Å². The molecule has 2 atom stereocenters. The number of piperidine rings is 1. The third-order valence-corrected chi connectivity index (χ3v) is 6.96. The van der Waals surface area contributed by atoms with Gasteiger partial charge in [-0.05, 0) is 44.1 Å². The summed E-state index contributed by atoms with van der Waals surface area (Å²) in [7, 11) is 0. The molecule has 3 aliphatic rings. The highest BCUT2D eigenvalue weighted by molar-refractivity contribution is 5.79. The van der Waals surface area contributed by atoms with E-state index in [9.17, 15) is 9.90 Å². The van der Waals surface area contributed by atoms with Crippen molar-refractivity contribution in [2.75, 3.05) is 19.7 Å². The summed E-state index contributed by atoms with van der Waals surface area (Å²) in [4.78, 5) is 24.5. The minimum atomic E-state index is -0.428. The van der Waals surface area contributed by atoms with Gasteiger partial charge in [-0.15, -0.1) is 0 Å². The molecule has 2 aliphatic heterocycles. The number of carbonyl (C=O) groups is 1. The van der Waals surface area contributed by atoms with Crippen molar-refractivity contribution >= 4 is 5.91 Å². The lowest BCUT2D eigenvalue weighted by Gasteiger charge is -2.45. The molecule has 5 rings (SSSR count). The normalized spacial score (nSPS) is 25.7. The van der Waals surface area contributed by atoms with Gasteiger partial charge in [-0.1, -0.05) is 36.8 Å². The Balaban J connectivity index is 1.35. The van der Waals surface area contributed by atoms with Crippen LogP contribution in [0.2, 0.25) is 0 Å². The van der Waals surface area contributed by atoms with E-state index in [1.54, 1.807) is 0 Å². The zero-order valence-corrected chi connectivity index (χ0v) is 17.3. The summed E-state index contributed by atoms with van der Waals surface area (Å²) in [6.45, 7) is 2.02. The summed E-state index contributed by atoms with van der Waals surface area (Å²) >= 11 is 0. The van der Waals surface area contributed by atoms with Gasteiger partial charge in [-0.3, -0.25) is 4.79 Å². The van der Waals surface area contributed by atoms with Gasteiger partial charge in [-0.2, -0.15) is 0 Å². The first-order chi connectivity index (χ1) is 14.6. The van der Waals surface area contributed by atoms with E-state index < -0.39 is 5.60 Å². The molecule has 6 heteroatoms. The lowest BCUT2D eigenvalue weighted by molar-refractivity contribution is -0.147. The van der Waals surface area contributed by atoms with Gasteiger partial charge < -0.3 is 14.7 Å². The average molecular weight is 408 g/mol. The number of ether oxygens (including phenoxy) is 1. The second kappa shape index (κ2) is 8.08. The van der Waals surface area contributed by atoms with Gasteiger partial charge in [0.05, 0.1) is 18.4 Å². The van der Waals surface area contributed by atoms with Crippen molar-refractivity contribution in [3.05, 3.63) is 47.8 Å². The fourth-order valence-corrected chi connectivity index (χ4v) is 5.25. The van der Waals surface area contributed by atoms with Crippen LogP contribution in [0.3, 0.4) is 0 Å².